The molecule has 0 rings (SSSR count). The van der Waals surface area contributed by atoms with Crippen molar-refractivity contribution in [3.8, 4) is 0 Å². The summed E-state index contributed by atoms with van der Waals surface area (Å²) in [7, 11) is -1.27. The molecule has 0 atom stereocenters. The molecule has 0 aliphatic heterocycles. The van der Waals surface area contributed by atoms with Crippen molar-refractivity contribution in [3.63, 3.8) is 0 Å². The van der Waals surface area contributed by atoms with Gasteiger partial charge < -0.3 is 0 Å². The van der Waals surface area contributed by atoms with Gasteiger partial charge in [-0.05, 0) is 25.8 Å². The third kappa shape index (κ3) is 4.22. The van der Waals surface area contributed by atoms with Crippen LogP contribution in [0.1, 0.15) is 20.3 Å². The van der Waals surface area contributed by atoms with Gasteiger partial charge in [-0.2, -0.15) is 0 Å². The molecule has 13 heavy (non-hydrogen) atoms. The van der Waals surface area contributed by atoms with Crippen molar-refractivity contribution < 1.29 is 4.79 Å². The van der Waals surface area contributed by atoms with Gasteiger partial charge in [0, 0.05) is 0 Å². The Hall–Kier alpha value is -0.633. The maximum Gasteiger partial charge on any atom is 0.155 e. The summed E-state index contributed by atoms with van der Waals surface area (Å²) in [6.45, 7) is 14.4. The molecule has 2 heteroatoms. The van der Waals surface area contributed by atoms with Crippen molar-refractivity contribution in [2.45, 2.75) is 39.9 Å². The van der Waals surface area contributed by atoms with E-state index in [1.54, 1.807) is 6.92 Å². The summed E-state index contributed by atoms with van der Waals surface area (Å²) in [5.74, 6) is 0.168. The lowest BCUT2D eigenvalue weighted by Gasteiger charge is -2.20. The Morgan fingerprint density at radius 1 is 1.38 bits per heavy atom. The Morgan fingerprint density at radius 3 is 2.08 bits per heavy atom. The van der Waals surface area contributed by atoms with Crippen LogP contribution in [0, 0.1) is 0 Å². The molecular formula is C11H20OSi. The van der Waals surface area contributed by atoms with Crippen LogP contribution in [-0.4, -0.2) is 13.9 Å². The van der Waals surface area contributed by atoms with Crippen LogP contribution in [0.15, 0.2) is 23.4 Å². The zero-order chi connectivity index (χ0) is 10.6. The summed E-state index contributed by atoms with van der Waals surface area (Å²) < 4.78 is 0. The second-order valence-corrected chi connectivity index (χ2v) is 9.61. The van der Waals surface area contributed by atoms with E-state index in [1.165, 1.54) is 5.20 Å². The SMILES string of the molecule is C=C(C/C(=C/C)C(C)=O)[Si](C)(C)C. The fourth-order valence-electron chi connectivity index (χ4n) is 0.925. The molecular weight excluding hydrogens is 176 g/mol. The number of Topliss-reactive ketones (excluding diaryl/α,β-unsaturated/α-hetero) is 1. The van der Waals surface area contributed by atoms with Gasteiger partial charge in [-0.1, -0.05) is 30.9 Å². The van der Waals surface area contributed by atoms with Gasteiger partial charge in [-0.15, -0.1) is 6.58 Å². The smallest absolute Gasteiger partial charge is 0.155 e. The van der Waals surface area contributed by atoms with E-state index in [1.807, 2.05) is 13.0 Å². The summed E-state index contributed by atoms with van der Waals surface area (Å²) in [6.07, 6.45) is 2.66. The standard InChI is InChI=1S/C11H20OSi/c1-7-11(10(3)12)8-9(2)13(4,5)6/h7H,2,8H2,1,3-6H3/b11-7-. The van der Waals surface area contributed by atoms with Crippen molar-refractivity contribution in [3.05, 3.63) is 23.4 Å². The molecule has 0 aromatic heterocycles. The molecule has 74 valence electrons. The zero-order valence-corrected chi connectivity index (χ0v) is 10.4. The molecule has 0 N–H and O–H groups in total. The maximum atomic E-state index is 11.1. The summed E-state index contributed by atoms with van der Waals surface area (Å²) >= 11 is 0. The predicted molar refractivity (Wildman–Crippen MR) is 61.5 cm³/mol. The summed E-state index contributed by atoms with van der Waals surface area (Å²) in [5.41, 5.74) is 0.896. The Balaban J connectivity index is 4.46. The molecule has 0 saturated carbocycles. The second kappa shape index (κ2) is 4.56. The Labute approximate surface area is 82.6 Å². The highest BCUT2D eigenvalue weighted by atomic mass is 28.3. The largest absolute Gasteiger partial charge is 0.295 e. The summed E-state index contributed by atoms with van der Waals surface area (Å²) in [5, 5.41) is 1.25. The lowest BCUT2D eigenvalue weighted by atomic mass is 10.1. The van der Waals surface area contributed by atoms with E-state index < -0.39 is 8.07 Å². The molecule has 0 unspecified atom stereocenters. The molecule has 0 aromatic rings. The van der Waals surface area contributed by atoms with Crippen LogP contribution in [0.4, 0.5) is 0 Å². The molecule has 0 bridgehead atoms. The van der Waals surface area contributed by atoms with Gasteiger partial charge >= 0.3 is 0 Å². The van der Waals surface area contributed by atoms with Gasteiger partial charge in [-0.25, -0.2) is 0 Å². The van der Waals surface area contributed by atoms with E-state index in [4.69, 9.17) is 0 Å². The van der Waals surface area contributed by atoms with Gasteiger partial charge in [0.2, 0.25) is 0 Å². The van der Waals surface area contributed by atoms with E-state index >= 15 is 0 Å². The number of ketones is 1. The lowest BCUT2D eigenvalue weighted by Crippen LogP contribution is -2.24. The van der Waals surface area contributed by atoms with Crippen LogP contribution in [0.25, 0.3) is 0 Å². The maximum absolute atomic E-state index is 11.1. The molecule has 0 aliphatic rings. The van der Waals surface area contributed by atoms with Crippen LogP contribution in [0.2, 0.25) is 19.6 Å². The van der Waals surface area contributed by atoms with Crippen LogP contribution < -0.4 is 0 Å². The van der Waals surface area contributed by atoms with Gasteiger partial charge in [0.05, 0.1) is 8.07 Å². The molecule has 0 heterocycles. The van der Waals surface area contributed by atoms with E-state index in [2.05, 4.69) is 26.2 Å². The van der Waals surface area contributed by atoms with Gasteiger partial charge in [0.15, 0.2) is 5.78 Å². The third-order valence-corrected chi connectivity index (χ3v) is 4.56. The topological polar surface area (TPSA) is 17.1 Å². The number of rotatable bonds is 4. The van der Waals surface area contributed by atoms with Crippen LogP contribution in [0.5, 0.6) is 0 Å². The second-order valence-electron chi connectivity index (χ2n) is 4.40. The molecule has 0 amide bonds. The Bertz CT molecular complexity index is 243. The minimum absolute atomic E-state index is 0.168. The third-order valence-electron chi connectivity index (χ3n) is 2.27. The average molecular weight is 196 g/mol. The van der Waals surface area contributed by atoms with E-state index in [9.17, 15) is 4.79 Å². The molecule has 0 saturated heterocycles. The highest BCUT2D eigenvalue weighted by Crippen LogP contribution is 2.20. The zero-order valence-electron chi connectivity index (χ0n) is 9.40. The first-order chi connectivity index (χ1) is 5.79. The number of hydrogen-bond donors (Lipinski definition) is 0. The lowest BCUT2D eigenvalue weighted by molar-refractivity contribution is -0.113. The first-order valence-electron chi connectivity index (χ1n) is 4.63. The molecule has 0 spiro atoms. The quantitative estimate of drug-likeness (QED) is 0.498. The van der Waals surface area contributed by atoms with Gasteiger partial charge in [0.25, 0.3) is 0 Å². The summed E-state index contributed by atoms with van der Waals surface area (Å²) in [6, 6.07) is 0. The Morgan fingerprint density at radius 2 is 1.85 bits per heavy atom. The van der Waals surface area contributed by atoms with Gasteiger partial charge in [0.1, 0.15) is 0 Å². The van der Waals surface area contributed by atoms with Crippen molar-refractivity contribution in [2.24, 2.45) is 0 Å². The highest BCUT2D eigenvalue weighted by molar-refractivity contribution is 6.83. The van der Waals surface area contributed by atoms with Crippen molar-refractivity contribution in [1.82, 2.24) is 0 Å². The number of carbonyl (C=O) groups is 1. The van der Waals surface area contributed by atoms with E-state index in [0.717, 1.165) is 12.0 Å². The molecule has 0 radical (unpaired) electrons. The Kier molecular flexibility index (Phi) is 4.34. The van der Waals surface area contributed by atoms with Crippen molar-refractivity contribution in [1.29, 1.82) is 0 Å². The summed E-state index contributed by atoms with van der Waals surface area (Å²) in [4.78, 5) is 11.1. The average Bonchev–Trinajstić information content (AvgIpc) is 1.96. The van der Waals surface area contributed by atoms with Crippen LogP contribution in [0.3, 0.4) is 0 Å². The van der Waals surface area contributed by atoms with Crippen molar-refractivity contribution in [2.75, 3.05) is 0 Å². The number of hydrogen-bond acceptors (Lipinski definition) is 1. The van der Waals surface area contributed by atoms with E-state index in [-0.39, 0.29) is 5.78 Å². The normalized spacial score (nSPS) is 12.8. The fourth-order valence-corrected chi connectivity index (χ4v) is 1.65. The molecule has 0 fully saturated rings. The van der Waals surface area contributed by atoms with E-state index in [0.29, 0.717) is 0 Å². The minimum Gasteiger partial charge on any atom is -0.295 e. The number of carbonyl (C=O) groups excluding carboxylic acids is 1. The first kappa shape index (κ1) is 12.4. The number of allylic oxidation sites excluding steroid dienone is 3. The highest BCUT2D eigenvalue weighted by Gasteiger charge is 2.19. The van der Waals surface area contributed by atoms with Crippen LogP contribution >= 0.6 is 0 Å². The predicted octanol–water partition coefficient (Wildman–Crippen LogP) is 3.35. The van der Waals surface area contributed by atoms with Gasteiger partial charge in [-0.3, -0.25) is 4.79 Å². The molecule has 0 aromatic carbocycles. The monoisotopic (exact) mass is 196 g/mol. The fraction of sp³-hybridized carbons (Fsp3) is 0.545. The van der Waals surface area contributed by atoms with Crippen LogP contribution in [-0.2, 0) is 4.79 Å². The first-order valence-corrected chi connectivity index (χ1v) is 8.13. The molecule has 1 nitrogen and oxygen atoms in total. The molecule has 0 aliphatic carbocycles. The van der Waals surface area contributed by atoms with Crippen molar-refractivity contribution >= 4 is 13.9 Å². The minimum atomic E-state index is -1.27.